The van der Waals surface area contributed by atoms with E-state index in [2.05, 4.69) is 82.7 Å². The Morgan fingerprint density at radius 3 is 2.58 bits per heavy atom. The number of hydrogen-bond acceptors (Lipinski definition) is 4. The van der Waals surface area contributed by atoms with E-state index in [1.807, 2.05) is 0 Å². The number of anilines is 1. The summed E-state index contributed by atoms with van der Waals surface area (Å²) >= 11 is 1.67. The van der Waals surface area contributed by atoms with Crippen molar-refractivity contribution in [1.29, 1.82) is 0 Å². The monoisotopic (exact) mass is 341 g/mol. The summed E-state index contributed by atoms with van der Waals surface area (Å²) in [6.07, 6.45) is 3.27. The molecular formula is C20H27N3S. The molecule has 2 atom stereocenters. The van der Waals surface area contributed by atoms with Crippen LogP contribution in [-0.4, -0.2) is 25.4 Å². The summed E-state index contributed by atoms with van der Waals surface area (Å²) in [5, 5.41) is 3.71. The van der Waals surface area contributed by atoms with E-state index in [4.69, 9.17) is 0 Å². The van der Waals surface area contributed by atoms with Crippen LogP contribution in [0.5, 0.6) is 0 Å². The van der Waals surface area contributed by atoms with Gasteiger partial charge in [0.1, 0.15) is 0 Å². The van der Waals surface area contributed by atoms with Crippen LogP contribution in [0.1, 0.15) is 30.5 Å². The normalized spacial score (nSPS) is 18.8. The lowest BCUT2D eigenvalue weighted by molar-refractivity contribution is 0.551. The molecule has 1 heterocycles. The fourth-order valence-corrected chi connectivity index (χ4v) is 3.72. The van der Waals surface area contributed by atoms with Gasteiger partial charge in [-0.3, -0.25) is 4.72 Å². The molecule has 0 spiro atoms. The average molecular weight is 342 g/mol. The van der Waals surface area contributed by atoms with Gasteiger partial charge in [-0.1, -0.05) is 54.4 Å². The minimum atomic E-state index is 0.385. The first-order valence-corrected chi connectivity index (χ1v) is 9.89. The number of hydrogen-bond donors (Lipinski definition) is 2. The van der Waals surface area contributed by atoms with Crippen LogP contribution in [0.15, 0.2) is 54.6 Å². The molecule has 3 rings (SSSR count). The summed E-state index contributed by atoms with van der Waals surface area (Å²) in [4.78, 5) is 2.47. The first-order chi connectivity index (χ1) is 11.8. The first-order valence-electron chi connectivity index (χ1n) is 8.67. The van der Waals surface area contributed by atoms with Gasteiger partial charge in [0.15, 0.2) is 0 Å². The minimum absolute atomic E-state index is 0.385. The van der Waals surface area contributed by atoms with Crippen molar-refractivity contribution in [2.24, 2.45) is 0 Å². The van der Waals surface area contributed by atoms with Gasteiger partial charge in [-0.05, 0) is 42.9 Å². The van der Waals surface area contributed by atoms with Crippen LogP contribution >= 0.6 is 11.9 Å². The summed E-state index contributed by atoms with van der Waals surface area (Å²) < 4.78 is 3.37. The van der Waals surface area contributed by atoms with Gasteiger partial charge in [0.25, 0.3) is 0 Å². The summed E-state index contributed by atoms with van der Waals surface area (Å²) in [6, 6.07) is 20.6. The van der Waals surface area contributed by atoms with Gasteiger partial charge in [-0.25, -0.2) is 0 Å². The number of para-hydroxylation sites is 1. The van der Waals surface area contributed by atoms with Crippen LogP contribution < -0.4 is 14.9 Å². The number of rotatable bonds is 7. The first kappa shape index (κ1) is 17.3. The van der Waals surface area contributed by atoms with Crippen LogP contribution in [0.25, 0.3) is 0 Å². The molecule has 0 saturated carbocycles. The molecule has 1 aliphatic rings. The highest BCUT2D eigenvalue weighted by molar-refractivity contribution is 7.96. The predicted molar refractivity (Wildman–Crippen MR) is 105 cm³/mol. The highest BCUT2D eigenvalue weighted by Gasteiger charge is 2.21. The quantitative estimate of drug-likeness (QED) is 0.745. The van der Waals surface area contributed by atoms with E-state index >= 15 is 0 Å². The Bertz CT molecular complexity index is 615. The molecule has 1 saturated heterocycles. The molecule has 0 aliphatic carbocycles. The molecule has 2 aromatic carbocycles. The lowest BCUT2D eigenvalue weighted by Gasteiger charge is -2.19. The maximum Gasteiger partial charge on any atom is 0.0393 e. The molecule has 2 unspecified atom stereocenters. The lowest BCUT2D eigenvalue weighted by Crippen LogP contribution is -2.32. The number of benzene rings is 2. The van der Waals surface area contributed by atoms with E-state index in [9.17, 15) is 0 Å². The highest BCUT2D eigenvalue weighted by atomic mass is 32.2. The van der Waals surface area contributed by atoms with Gasteiger partial charge in [-0.15, -0.1) is 0 Å². The van der Waals surface area contributed by atoms with Crippen LogP contribution in [-0.2, 0) is 6.54 Å². The Morgan fingerprint density at radius 1 is 1.12 bits per heavy atom. The largest absolute Gasteiger partial charge is 0.370 e. The van der Waals surface area contributed by atoms with Gasteiger partial charge in [0.2, 0.25) is 0 Å². The van der Waals surface area contributed by atoms with Crippen molar-refractivity contribution in [3.05, 3.63) is 65.7 Å². The molecule has 4 heteroatoms. The SMILES string of the molecule is CSNC(C)c1ccc(CNC2CCN(c3ccccc3)C2)cc1. The second-order valence-electron chi connectivity index (χ2n) is 6.43. The zero-order chi connectivity index (χ0) is 16.8. The van der Waals surface area contributed by atoms with E-state index in [-0.39, 0.29) is 0 Å². The molecule has 24 heavy (non-hydrogen) atoms. The van der Waals surface area contributed by atoms with Gasteiger partial charge >= 0.3 is 0 Å². The van der Waals surface area contributed by atoms with Gasteiger partial charge < -0.3 is 10.2 Å². The highest BCUT2D eigenvalue weighted by Crippen LogP contribution is 2.20. The summed E-state index contributed by atoms with van der Waals surface area (Å²) in [5.74, 6) is 0. The van der Waals surface area contributed by atoms with Gasteiger partial charge in [-0.2, -0.15) is 0 Å². The molecule has 0 amide bonds. The maximum absolute atomic E-state index is 3.71. The molecular weight excluding hydrogens is 314 g/mol. The van der Waals surface area contributed by atoms with Crippen molar-refractivity contribution >= 4 is 17.6 Å². The third-order valence-electron chi connectivity index (χ3n) is 4.68. The number of nitrogens with zero attached hydrogens (tertiary/aromatic N) is 1. The van der Waals surface area contributed by atoms with Crippen molar-refractivity contribution < 1.29 is 0 Å². The van der Waals surface area contributed by atoms with Gasteiger partial charge in [0, 0.05) is 37.4 Å². The van der Waals surface area contributed by atoms with Crippen molar-refractivity contribution in [3.8, 4) is 0 Å². The van der Waals surface area contributed by atoms with Crippen LogP contribution in [0.3, 0.4) is 0 Å². The zero-order valence-electron chi connectivity index (χ0n) is 14.5. The topological polar surface area (TPSA) is 27.3 Å². The maximum atomic E-state index is 3.71. The van der Waals surface area contributed by atoms with Gasteiger partial charge in [0.05, 0.1) is 0 Å². The Kier molecular flexibility index (Phi) is 6.18. The molecule has 2 N–H and O–H groups in total. The zero-order valence-corrected chi connectivity index (χ0v) is 15.4. The second-order valence-corrected chi connectivity index (χ2v) is 7.08. The fourth-order valence-electron chi connectivity index (χ4n) is 3.23. The predicted octanol–water partition coefficient (Wildman–Crippen LogP) is 3.98. The molecule has 0 aromatic heterocycles. The smallest absolute Gasteiger partial charge is 0.0393 e. The molecule has 2 aromatic rings. The van der Waals surface area contributed by atoms with E-state index < -0.39 is 0 Å². The Balaban J connectivity index is 1.48. The fraction of sp³-hybridized carbons (Fsp3) is 0.400. The molecule has 3 nitrogen and oxygen atoms in total. The van der Waals surface area contributed by atoms with Crippen LogP contribution in [0.4, 0.5) is 5.69 Å². The Morgan fingerprint density at radius 2 is 1.88 bits per heavy atom. The van der Waals surface area contributed by atoms with Crippen molar-refractivity contribution in [2.75, 3.05) is 24.2 Å². The summed E-state index contributed by atoms with van der Waals surface area (Å²) in [7, 11) is 0. The summed E-state index contributed by atoms with van der Waals surface area (Å²) in [6.45, 7) is 5.37. The van der Waals surface area contributed by atoms with Crippen LogP contribution in [0.2, 0.25) is 0 Å². The van der Waals surface area contributed by atoms with Crippen molar-refractivity contribution in [2.45, 2.75) is 32.0 Å². The molecule has 128 valence electrons. The molecule has 0 radical (unpaired) electrons. The van der Waals surface area contributed by atoms with E-state index in [0.29, 0.717) is 12.1 Å². The Hall–Kier alpha value is -1.49. The third-order valence-corrected chi connectivity index (χ3v) is 5.27. The third kappa shape index (κ3) is 4.53. The average Bonchev–Trinajstić information content (AvgIpc) is 3.10. The van der Waals surface area contributed by atoms with E-state index in [1.165, 1.54) is 23.2 Å². The van der Waals surface area contributed by atoms with E-state index in [1.54, 1.807) is 11.9 Å². The van der Waals surface area contributed by atoms with Crippen molar-refractivity contribution in [3.63, 3.8) is 0 Å². The second kappa shape index (κ2) is 8.56. The summed E-state index contributed by atoms with van der Waals surface area (Å²) in [5.41, 5.74) is 4.03. The number of nitrogens with one attached hydrogen (secondary N) is 2. The van der Waals surface area contributed by atoms with Crippen molar-refractivity contribution in [1.82, 2.24) is 10.0 Å². The van der Waals surface area contributed by atoms with E-state index in [0.717, 1.165) is 19.6 Å². The van der Waals surface area contributed by atoms with Crippen LogP contribution in [0, 0.1) is 0 Å². The molecule has 1 fully saturated rings. The molecule has 1 aliphatic heterocycles. The minimum Gasteiger partial charge on any atom is -0.370 e. The molecule has 0 bridgehead atoms. The lowest BCUT2D eigenvalue weighted by atomic mass is 10.1. The standard InChI is InChI=1S/C20H27N3S/c1-16(22-24-2)18-10-8-17(9-11-18)14-21-19-12-13-23(15-19)20-6-4-3-5-7-20/h3-11,16,19,21-22H,12-15H2,1-2H3. The Labute approximate surface area is 150 Å².